The molecule has 3 N–H and O–H groups in total. The van der Waals surface area contributed by atoms with Crippen molar-refractivity contribution in [2.75, 3.05) is 0 Å². The summed E-state index contributed by atoms with van der Waals surface area (Å²) in [5.41, 5.74) is 8.14. The van der Waals surface area contributed by atoms with Gasteiger partial charge in [0.2, 0.25) is 0 Å². The van der Waals surface area contributed by atoms with Crippen LogP contribution in [0.15, 0.2) is 48.5 Å². The molecule has 2 aromatic carbocycles. The van der Waals surface area contributed by atoms with Crippen molar-refractivity contribution < 1.29 is 5.11 Å². The quantitative estimate of drug-likeness (QED) is 0.874. The first-order valence-electron chi connectivity index (χ1n) is 5.45. The van der Waals surface area contributed by atoms with Crippen LogP contribution in [0.5, 0.6) is 5.75 Å². The molecule has 0 heterocycles. The fraction of sp³-hybridized carbons (Fsp3) is 0.143. The van der Waals surface area contributed by atoms with Gasteiger partial charge in [0.15, 0.2) is 0 Å². The third-order valence-corrected chi connectivity index (χ3v) is 3.04. The third kappa shape index (κ3) is 2.99. The van der Waals surface area contributed by atoms with E-state index in [4.69, 9.17) is 17.3 Å². The predicted octanol–water partition coefficient (Wildman–Crippen LogP) is 3.29. The van der Waals surface area contributed by atoms with Crippen LogP contribution in [0.3, 0.4) is 0 Å². The van der Waals surface area contributed by atoms with Crippen LogP contribution in [-0.4, -0.2) is 5.11 Å². The van der Waals surface area contributed by atoms with Crippen LogP contribution >= 0.6 is 11.6 Å². The zero-order valence-electron chi connectivity index (χ0n) is 9.31. The highest BCUT2D eigenvalue weighted by molar-refractivity contribution is 6.31. The number of rotatable bonds is 3. The molecule has 17 heavy (non-hydrogen) atoms. The highest BCUT2D eigenvalue weighted by atomic mass is 35.5. The van der Waals surface area contributed by atoms with Crippen molar-refractivity contribution in [1.29, 1.82) is 0 Å². The molecule has 2 nitrogen and oxygen atoms in total. The Balaban J connectivity index is 2.14. The molecular weight excluding hydrogens is 234 g/mol. The molecule has 0 bridgehead atoms. The van der Waals surface area contributed by atoms with Crippen molar-refractivity contribution in [2.45, 2.75) is 12.5 Å². The van der Waals surface area contributed by atoms with Crippen molar-refractivity contribution in [3.63, 3.8) is 0 Å². The first-order valence-corrected chi connectivity index (χ1v) is 5.82. The second-order valence-corrected chi connectivity index (χ2v) is 4.41. The minimum atomic E-state index is -0.131. The Hall–Kier alpha value is -1.51. The second-order valence-electron chi connectivity index (χ2n) is 4.00. The van der Waals surface area contributed by atoms with E-state index < -0.39 is 0 Å². The number of halogens is 1. The Labute approximate surface area is 106 Å². The van der Waals surface area contributed by atoms with E-state index >= 15 is 0 Å². The molecule has 0 amide bonds. The Kier molecular flexibility index (Phi) is 3.67. The van der Waals surface area contributed by atoms with E-state index in [0.717, 1.165) is 11.1 Å². The number of nitrogens with two attached hydrogens (primary N) is 1. The van der Waals surface area contributed by atoms with Gasteiger partial charge in [-0.05, 0) is 35.7 Å². The number of phenolic OH excluding ortho intramolecular Hbond substituents is 1. The van der Waals surface area contributed by atoms with Crippen LogP contribution < -0.4 is 5.73 Å². The topological polar surface area (TPSA) is 46.2 Å². The van der Waals surface area contributed by atoms with Gasteiger partial charge in [0, 0.05) is 11.1 Å². The van der Waals surface area contributed by atoms with Crippen LogP contribution in [0.2, 0.25) is 5.02 Å². The molecule has 0 saturated carbocycles. The van der Waals surface area contributed by atoms with Crippen LogP contribution in [0.25, 0.3) is 0 Å². The van der Waals surface area contributed by atoms with Crippen LogP contribution in [0, 0.1) is 0 Å². The summed E-state index contributed by atoms with van der Waals surface area (Å²) in [4.78, 5) is 0. The number of hydrogen-bond donors (Lipinski definition) is 2. The van der Waals surface area contributed by atoms with Gasteiger partial charge in [-0.1, -0.05) is 41.9 Å². The molecule has 0 radical (unpaired) electrons. The van der Waals surface area contributed by atoms with E-state index in [-0.39, 0.29) is 11.8 Å². The van der Waals surface area contributed by atoms with E-state index in [1.165, 1.54) is 0 Å². The molecule has 2 aromatic rings. The van der Waals surface area contributed by atoms with Gasteiger partial charge in [0.05, 0.1) is 0 Å². The maximum atomic E-state index is 9.20. The fourth-order valence-corrected chi connectivity index (χ4v) is 2.05. The van der Waals surface area contributed by atoms with Crippen LogP contribution in [-0.2, 0) is 6.42 Å². The maximum Gasteiger partial charge on any atom is 0.115 e. The van der Waals surface area contributed by atoms with Gasteiger partial charge < -0.3 is 10.8 Å². The lowest BCUT2D eigenvalue weighted by atomic mass is 10.00. The highest BCUT2D eigenvalue weighted by Crippen LogP contribution is 2.24. The normalized spacial score (nSPS) is 12.4. The summed E-state index contributed by atoms with van der Waals surface area (Å²) in [6.07, 6.45) is 0.698. The summed E-state index contributed by atoms with van der Waals surface area (Å²) in [5, 5.41) is 9.89. The molecule has 3 heteroatoms. The Bertz CT molecular complexity index is 496. The first-order chi connectivity index (χ1) is 8.16. The molecule has 0 aliphatic carbocycles. The van der Waals surface area contributed by atoms with Crippen molar-refractivity contribution in [3.05, 3.63) is 64.7 Å². The molecule has 1 unspecified atom stereocenters. The SMILES string of the molecule is NC(Cc1ccc(O)cc1)c1ccccc1Cl. The maximum absolute atomic E-state index is 9.20. The van der Waals surface area contributed by atoms with Gasteiger partial charge in [0.25, 0.3) is 0 Å². The van der Waals surface area contributed by atoms with E-state index in [1.807, 2.05) is 36.4 Å². The van der Waals surface area contributed by atoms with Crippen molar-refractivity contribution >= 4 is 11.6 Å². The van der Waals surface area contributed by atoms with E-state index in [0.29, 0.717) is 11.4 Å². The van der Waals surface area contributed by atoms with Gasteiger partial charge in [-0.15, -0.1) is 0 Å². The molecule has 1 atom stereocenters. The number of phenols is 1. The zero-order valence-corrected chi connectivity index (χ0v) is 10.1. The van der Waals surface area contributed by atoms with Crippen molar-refractivity contribution in [3.8, 4) is 5.75 Å². The number of aromatic hydroxyl groups is 1. The van der Waals surface area contributed by atoms with Crippen LogP contribution in [0.4, 0.5) is 0 Å². The van der Waals surface area contributed by atoms with Crippen molar-refractivity contribution in [1.82, 2.24) is 0 Å². The number of hydrogen-bond acceptors (Lipinski definition) is 2. The largest absolute Gasteiger partial charge is 0.508 e. The lowest BCUT2D eigenvalue weighted by molar-refractivity contribution is 0.475. The van der Waals surface area contributed by atoms with E-state index in [2.05, 4.69) is 0 Å². The molecule has 2 rings (SSSR count). The lowest BCUT2D eigenvalue weighted by Gasteiger charge is -2.13. The fourth-order valence-electron chi connectivity index (χ4n) is 1.77. The first kappa shape index (κ1) is 12.0. The smallest absolute Gasteiger partial charge is 0.115 e. The molecular formula is C14H14ClNO. The molecule has 88 valence electrons. The Morgan fingerprint density at radius 1 is 1.06 bits per heavy atom. The molecule has 0 spiro atoms. The molecule has 0 aromatic heterocycles. The number of benzene rings is 2. The molecule has 0 aliphatic heterocycles. The summed E-state index contributed by atoms with van der Waals surface area (Å²) in [5.74, 6) is 0.264. The highest BCUT2D eigenvalue weighted by Gasteiger charge is 2.10. The summed E-state index contributed by atoms with van der Waals surface area (Å²) in [6.45, 7) is 0. The lowest BCUT2D eigenvalue weighted by Crippen LogP contribution is -2.13. The van der Waals surface area contributed by atoms with E-state index in [9.17, 15) is 5.11 Å². The van der Waals surface area contributed by atoms with Gasteiger partial charge in [-0.25, -0.2) is 0 Å². The summed E-state index contributed by atoms with van der Waals surface area (Å²) in [6, 6.07) is 14.5. The van der Waals surface area contributed by atoms with Crippen molar-refractivity contribution in [2.24, 2.45) is 5.73 Å². The average Bonchev–Trinajstić information content (AvgIpc) is 2.32. The third-order valence-electron chi connectivity index (χ3n) is 2.70. The minimum absolute atomic E-state index is 0.131. The standard InChI is InChI=1S/C14H14ClNO/c15-13-4-2-1-3-12(13)14(16)9-10-5-7-11(17)8-6-10/h1-8,14,17H,9,16H2. The van der Waals surface area contributed by atoms with E-state index in [1.54, 1.807) is 12.1 Å². The Morgan fingerprint density at radius 2 is 1.71 bits per heavy atom. The predicted molar refractivity (Wildman–Crippen MR) is 70.2 cm³/mol. The van der Waals surface area contributed by atoms with Gasteiger partial charge in [-0.3, -0.25) is 0 Å². The van der Waals surface area contributed by atoms with Gasteiger partial charge in [0.1, 0.15) is 5.75 Å². The van der Waals surface area contributed by atoms with Crippen LogP contribution in [0.1, 0.15) is 17.2 Å². The minimum Gasteiger partial charge on any atom is -0.508 e. The van der Waals surface area contributed by atoms with Gasteiger partial charge >= 0.3 is 0 Å². The van der Waals surface area contributed by atoms with Gasteiger partial charge in [-0.2, -0.15) is 0 Å². The molecule has 0 saturated heterocycles. The Morgan fingerprint density at radius 3 is 2.35 bits per heavy atom. The molecule has 0 aliphatic rings. The second kappa shape index (κ2) is 5.21. The average molecular weight is 248 g/mol. The summed E-state index contributed by atoms with van der Waals surface area (Å²) in [7, 11) is 0. The zero-order chi connectivity index (χ0) is 12.3. The summed E-state index contributed by atoms with van der Waals surface area (Å²) >= 11 is 6.09. The monoisotopic (exact) mass is 247 g/mol. The molecule has 0 fully saturated rings. The summed E-state index contributed by atoms with van der Waals surface area (Å²) < 4.78 is 0.